The van der Waals surface area contributed by atoms with Gasteiger partial charge in [-0.1, -0.05) is 13.8 Å². The maximum absolute atomic E-state index is 12.3. The van der Waals surface area contributed by atoms with Gasteiger partial charge in [-0.05, 0) is 26.7 Å². The maximum atomic E-state index is 12.3. The summed E-state index contributed by atoms with van der Waals surface area (Å²) in [5.74, 6) is 0.719. The van der Waals surface area contributed by atoms with E-state index in [2.05, 4.69) is 24.1 Å². The Labute approximate surface area is 108 Å². The van der Waals surface area contributed by atoms with E-state index in [0.717, 1.165) is 0 Å². The SMILES string of the molecule is CC(C)C(CN)Nc1nccn(C(C)(C)C)c1=O. The molecule has 0 radical (unpaired) electrons. The molecule has 3 N–H and O–H groups in total. The predicted octanol–water partition coefficient (Wildman–Crippen LogP) is 1.39. The Morgan fingerprint density at radius 3 is 2.50 bits per heavy atom. The molecule has 0 amide bonds. The van der Waals surface area contributed by atoms with Crippen LogP contribution in [0.25, 0.3) is 0 Å². The van der Waals surface area contributed by atoms with E-state index >= 15 is 0 Å². The smallest absolute Gasteiger partial charge is 0.293 e. The first-order valence-electron chi connectivity index (χ1n) is 6.32. The number of nitrogens with one attached hydrogen (secondary N) is 1. The van der Waals surface area contributed by atoms with Crippen molar-refractivity contribution in [2.45, 2.75) is 46.2 Å². The maximum Gasteiger partial charge on any atom is 0.293 e. The molecule has 1 aromatic rings. The minimum absolute atomic E-state index is 0.0565. The minimum atomic E-state index is -0.257. The molecule has 0 saturated heterocycles. The van der Waals surface area contributed by atoms with Crippen LogP contribution in [0, 0.1) is 5.92 Å². The van der Waals surface area contributed by atoms with E-state index in [9.17, 15) is 4.79 Å². The Morgan fingerprint density at radius 1 is 1.44 bits per heavy atom. The summed E-state index contributed by atoms with van der Waals surface area (Å²) in [4.78, 5) is 16.4. The molecule has 0 bridgehead atoms. The van der Waals surface area contributed by atoms with Crippen LogP contribution in [0.15, 0.2) is 17.2 Å². The standard InChI is InChI=1S/C13H24N4O/c1-9(2)10(8-14)16-11-12(18)17(7-6-15-11)13(3,4)5/h6-7,9-10H,8,14H2,1-5H3,(H,15,16). The van der Waals surface area contributed by atoms with Crippen LogP contribution < -0.4 is 16.6 Å². The Hall–Kier alpha value is -1.36. The molecule has 5 nitrogen and oxygen atoms in total. The summed E-state index contributed by atoms with van der Waals surface area (Å²) in [6, 6.07) is 0.0565. The van der Waals surface area contributed by atoms with Crippen LogP contribution in [-0.2, 0) is 5.54 Å². The molecular weight excluding hydrogens is 228 g/mol. The molecule has 0 aromatic carbocycles. The predicted molar refractivity (Wildman–Crippen MR) is 74.8 cm³/mol. The van der Waals surface area contributed by atoms with Gasteiger partial charge in [0.1, 0.15) is 0 Å². The van der Waals surface area contributed by atoms with Gasteiger partial charge in [0.2, 0.25) is 0 Å². The van der Waals surface area contributed by atoms with Crippen LogP contribution in [0.1, 0.15) is 34.6 Å². The molecule has 0 fully saturated rings. The number of aromatic nitrogens is 2. The highest BCUT2D eigenvalue weighted by Crippen LogP contribution is 2.12. The van der Waals surface area contributed by atoms with E-state index in [-0.39, 0.29) is 17.1 Å². The summed E-state index contributed by atoms with van der Waals surface area (Å²) in [6.07, 6.45) is 3.35. The number of nitrogens with two attached hydrogens (primary N) is 1. The second kappa shape index (κ2) is 5.52. The lowest BCUT2D eigenvalue weighted by Gasteiger charge is -2.25. The fourth-order valence-electron chi connectivity index (χ4n) is 1.71. The highest BCUT2D eigenvalue weighted by Gasteiger charge is 2.19. The third-order valence-electron chi connectivity index (χ3n) is 2.94. The lowest BCUT2D eigenvalue weighted by molar-refractivity contribution is 0.382. The summed E-state index contributed by atoms with van der Waals surface area (Å²) in [5.41, 5.74) is 5.33. The summed E-state index contributed by atoms with van der Waals surface area (Å²) in [5, 5.41) is 3.14. The van der Waals surface area contributed by atoms with E-state index < -0.39 is 0 Å². The zero-order valence-electron chi connectivity index (χ0n) is 11.9. The molecule has 0 aliphatic rings. The van der Waals surface area contributed by atoms with E-state index in [4.69, 9.17) is 5.73 Å². The fraction of sp³-hybridized carbons (Fsp3) is 0.692. The number of hydrogen-bond acceptors (Lipinski definition) is 4. The second-order valence-corrected chi connectivity index (χ2v) is 5.85. The molecule has 1 unspecified atom stereocenters. The first-order valence-corrected chi connectivity index (χ1v) is 6.32. The third-order valence-corrected chi connectivity index (χ3v) is 2.94. The highest BCUT2D eigenvalue weighted by molar-refractivity contribution is 5.33. The zero-order chi connectivity index (χ0) is 13.9. The molecule has 1 heterocycles. The van der Waals surface area contributed by atoms with Crippen molar-refractivity contribution in [1.82, 2.24) is 9.55 Å². The third kappa shape index (κ3) is 3.32. The number of nitrogens with zero attached hydrogens (tertiary/aromatic N) is 2. The van der Waals surface area contributed by atoms with Crippen LogP contribution in [0.4, 0.5) is 5.82 Å². The quantitative estimate of drug-likeness (QED) is 0.849. The van der Waals surface area contributed by atoms with Gasteiger partial charge in [-0.15, -0.1) is 0 Å². The largest absolute Gasteiger partial charge is 0.361 e. The molecule has 0 spiro atoms. The summed E-state index contributed by atoms with van der Waals surface area (Å²) >= 11 is 0. The van der Waals surface area contributed by atoms with Crippen molar-refractivity contribution in [1.29, 1.82) is 0 Å². The number of hydrogen-bond donors (Lipinski definition) is 2. The molecule has 0 aliphatic carbocycles. The Kier molecular flexibility index (Phi) is 4.51. The van der Waals surface area contributed by atoms with Crippen LogP contribution in [-0.4, -0.2) is 22.1 Å². The summed E-state index contributed by atoms with van der Waals surface area (Å²) in [6.45, 7) is 10.6. The first-order chi connectivity index (χ1) is 8.27. The lowest BCUT2D eigenvalue weighted by Crippen LogP contribution is -2.40. The van der Waals surface area contributed by atoms with Crippen molar-refractivity contribution in [3.8, 4) is 0 Å². The van der Waals surface area contributed by atoms with Gasteiger partial charge in [-0.3, -0.25) is 4.79 Å². The van der Waals surface area contributed by atoms with Crippen LogP contribution in [0.2, 0.25) is 0 Å². The van der Waals surface area contributed by atoms with E-state index in [1.807, 2.05) is 20.8 Å². The first kappa shape index (κ1) is 14.7. The average Bonchev–Trinajstić information content (AvgIpc) is 2.25. The monoisotopic (exact) mass is 252 g/mol. The van der Waals surface area contributed by atoms with Crippen LogP contribution >= 0.6 is 0 Å². The molecular formula is C13H24N4O. The molecule has 102 valence electrons. The van der Waals surface area contributed by atoms with Crippen molar-refractivity contribution >= 4 is 5.82 Å². The van der Waals surface area contributed by atoms with Gasteiger partial charge < -0.3 is 15.6 Å². The number of anilines is 1. The minimum Gasteiger partial charge on any atom is -0.361 e. The van der Waals surface area contributed by atoms with E-state index in [1.54, 1.807) is 17.0 Å². The second-order valence-electron chi connectivity index (χ2n) is 5.85. The molecule has 1 rings (SSSR count). The van der Waals surface area contributed by atoms with Gasteiger partial charge in [0.25, 0.3) is 5.56 Å². The van der Waals surface area contributed by atoms with Gasteiger partial charge in [0, 0.05) is 30.5 Å². The van der Waals surface area contributed by atoms with Crippen molar-refractivity contribution in [3.05, 3.63) is 22.7 Å². The molecule has 1 atom stereocenters. The van der Waals surface area contributed by atoms with Gasteiger partial charge >= 0.3 is 0 Å². The normalized spacial score (nSPS) is 13.7. The number of rotatable bonds is 4. The Morgan fingerprint density at radius 2 is 2.06 bits per heavy atom. The van der Waals surface area contributed by atoms with Gasteiger partial charge in [-0.25, -0.2) is 4.98 Å². The van der Waals surface area contributed by atoms with Gasteiger partial charge in [-0.2, -0.15) is 0 Å². The van der Waals surface area contributed by atoms with Crippen molar-refractivity contribution in [2.75, 3.05) is 11.9 Å². The molecule has 0 saturated carbocycles. The van der Waals surface area contributed by atoms with Gasteiger partial charge in [0.05, 0.1) is 0 Å². The van der Waals surface area contributed by atoms with Gasteiger partial charge in [0.15, 0.2) is 5.82 Å². The Bertz CT molecular complexity index is 445. The lowest BCUT2D eigenvalue weighted by atomic mass is 10.0. The van der Waals surface area contributed by atoms with E-state index in [1.165, 1.54) is 0 Å². The molecule has 5 heteroatoms. The molecule has 0 aliphatic heterocycles. The summed E-state index contributed by atoms with van der Waals surface area (Å²) < 4.78 is 1.68. The fourth-order valence-corrected chi connectivity index (χ4v) is 1.71. The average molecular weight is 252 g/mol. The Balaban J connectivity index is 3.09. The highest BCUT2D eigenvalue weighted by atomic mass is 16.1. The van der Waals surface area contributed by atoms with Crippen LogP contribution in [0.5, 0.6) is 0 Å². The van der Waals surface area contributed by atoms with Crippen molar-refractivity contribution in [2.24, 2.45) is 11.7 Å². The zero-order valence-corrected chi connectivity index (χ0v) is 11.9. The van der Waals surface area contributed by atoms with Crippen LogP contribution in [0.3, 0.4) is 0 Å². The topological polar surface area (TPSA) is 72.9 Å². The van der Waals surface area contributed by atoms with Crippen molar-refractivity contribution < 1.29 is 0 Å². The van der Waals surface area contributed by atoms with Crippen molar-refractivity contribution in [3.63, 3.8) is 0 Å². The summed E-state index contributed by atoms with van der Waals surface area (Å²) in [7, 11) is 0. The molecule has 18 heavy (non-hydrogen) atoms. The van der Waals surface area contributed by atoms with E-state index in [0.29, 0.717) is 18.3 Å². The molecule has 1 aromatic heterocycles.